The zero-order chi connectivity index (χ0) is 24.0. The number of halogens is 3. The molecule has 0 spiro atoms. The quantitative estimate of drug-likeness (QED) is 0.558. The van der Waals surface area contributed by atoms with Crippen LogP contribution in [0.25, 0.3) is 0 Å². The molecule has 0 aliphatic heterocycles. The molecule has 0 fully saturated rings. The van der Waals surface area contributed by atoms with E-state index in [4.69, 9.17) is 9.47 Å². The van der Waals surface area contributed by atoms with Gasteiger partial charge in [-0.3, -0.25) is 9.59 Å². The number of nitrogens with zero attached hydrogens (tertiary/aromatic N) is 2. The number of methoxy groups -OCH3 is 1. The van der Waals surface area contributed by atoms with Gasteiger partial charge < -0.3 is 19.7 Å². The molecule has 10 heteroatoms. The molecule has 0 aliphatic rings. The average molecular weight is 459 g/mol. The van der Waals surface area contributed by atoms with E-state index in [1.807, 2.05) is 0 Å². The van der Waals surface area contributed by atoms with E-state index < -0.39 is 11.7 Å². The molecular formula is C23H20F3N3O4. The topological polar surface area (TPSA) is 80.8 Å². The predicted octanol–water partition coefficient (Wildman–Crippen LogP) is 4.61. The van der Waals surface area contributed by atoms with Crippen LogP contribution in [0.1, 0.15) is 15.9 Å². The highest BCUT2D eigenvalue weighted by Gasteiger charge is 2.30. The maximum Gasteiger partial charge on any atom is 0.417 e. The van der Waals surface area contributed by atoms with Crippen LogP contribution in [0, 0.1) is 0 Å². The van der Waals surface area contributed by atoms with E-state index in [9.17, 15) is 22.8 Å². The van der Waals surface area contributed by atoms with Crippen LogP contribution >= 0.6 is 0 Å². The van der Waals surface area contributed by atoms with Gasteiger partial charge in [-0.15, -0.1) is 0 Å². The number of anilines is 1. The van der Waals surface area contributed by atoms with E-state index in [1.54, 1.807) is 31.4 Å². The molecule has 1 heterocycles. The third kappa shape index (κ3) is 6.45. The molecule has 0 unspecified atom stereocenters. The molecule has 0 saturated carbocycles. The fourth-order valence-corrected chi connectivity index (χ4v) is 2.78. The van der Waals surface area contributed by atoms with Gasteiger partial charge in [0.1, 0.15) is 11.5 Å². The Bertz CT molecular complexity index is 1100. The third-order valence-corrected chi connectivity index (χ3v) is 4.49. The number of amides is 2. The van der Waals surface area contributed by atoms with Gasteiger partial charge >= 0.3 is 6.18 Å². The molecule has 1 aromatic heterocycles. The number of likely N-dealkylation sites (N-methyl/N-ethyl adjacent to an activating group) is 1. The maximum atomic E-state index is 12.6. The lowest BCUT2D eigenvalue weighted by Gasteiger charge is -2.17. The average Bonchev–Trinajstić information content (AvgIpc) is 2.79. The second-order valence-electron chi connectivity index (χ2n) is 6.95. The Kier molecular flexibility index (Phi) is 7.17. The summed E-state index contributed by atoms with van der Waals surface area (Å²) in [6.45, 7) is -0.168. The number of carbonyl (C=O) groups excluding carboxylic acids is 2. The molecule has 0 radical (unpaired) electrons. The van der Waals surface area contributed by atoms with E-state index in [-0.39, 0.29) is 24.2 Å². The van der Waals surface area contributed by atoms with Gasteiger partial charge in [0.25, 0.3) is 5.91 Å². The van der Waals surface area contributed by atoms with Crippen LogP contribution in [-0.4, -0.2) is 42.4 Å². The Morgan fingerprint density at radius 3 is 2.15 bits per heavy atom. The zero-order valence-electron chi connectivity index (χ0n) is 17.7. The summed E-state index contributed by atoms with van der Waals surface area (Å²) in [4.78, 5) is 29.7. The number of hydrogen-bond acceptors (Lipinski definition) is 5. The lowest BCUT2D eigenvalue weighted by molar-refractivity contribution is -0.137. The van der Waals surface area contributed by atoms with Crippen molar-refractivity contribution >= 4 is 17.5 Å². The van der Waals surface area contributed by atoms with Crippen molar-refractivity contribution in [1.82, 2.24) is 9.88 Å². The second kappa shape index (κ2) is 10.0. The Labute approximate surface area is 187 Å². The highest BCUT2D eigenvalue weighted by Crippen LogP contribution is 2.30. The Hall–Kier alpha value is -4.08. The van der Waals surface area contributed by atoms with Crippen LogP contribution in [0.2, 0.25) is 0 Å². The van der Waals surface area contributed by atoms with Crippen molar-refractivity contribution in [2.75, 3.05) is 26.0 Å². The van der Waals surface area contributed by atoms with E-state index >= 15 is 0 Å². The van der Waals surface area contributed by atoms with Crippen LogP contribution in [0.5, 0.6) is 17.4 Å². The number of aromatic nitrogens is 1. The van der Waals surface area contributed by atoms with Crippen LogP contribution in [-0.2, 0) is 11.0 Å². The Morgan fingerprint density at radius 2 is 1.61 bits per heavy atom. The van der Waals surface area contributed by atoms with Gasteiger partial charge in [-0.25, -0.2) is 4.98 Å². The van der Waals surface area contributed by atoms with Gasteiger partial charge in [-0.2, -0.15) is 13.2 Å². The van der Waals surface area contributed by atoms with Gasteiger partial charge in [0.05, 0.1) is 19.2 Å². The van der Waals surface area contributed by atoms with Gasteiger partial charge in [0, 0.05) is 30.6 Å². The standard InChI is InChI=1S/C23H20F3N3O4/c1-29(14-20(30)28-17-6-10-18(32-2)11-7-17)22(31)15-3-8-19(9-4-15)33-21-12-5-16(13-27-21)23(24,25)26/h3-13H,14H2,1-2H3,(H,28,30). The summed E-state index contributed by atoms with van der Waals surface area (Å²) >= 11 is 0. The molecule has 1 N–H and O–H groups in total. The molecule has 0 saturated heterocycles. The third-order valence-electron chi connectivity index (χ3n) is 4.49. The highest BCUT2D eigenvalue weighted by molar-refractivity contribution is 5.99. The molecule has 172 valence electrons. The SMILES string of the molecule is COc1ccc(NC(=O)CN(C)C(=O)c2ccc(Oc3ccc(C(F)(F)F)cn3)cc2)cc1. The molecule has 2 amide bonds. The van der Waals surface area contributed by atoms with Crippen molar-refractivity contribution in [3.63, 3.8) is 0 Å². The van der Waals surface area contributed by atoms with Crippen LogP contribution in [0.3, 0.4) is 0 Å². The summed E-state index contributed by atoms with van der Waals surface area (Å²) in [5, 5.41) is 2.69. The minimum atomic E-state index is -4.48. The molecular weight excluding hydrogens is 439 g/mol. The Balaban J connectivity index is 1.55. The summed E-state index contributed by atoms with van der Waals surface area (Å²) in [6.07, 6.45) is -3.80. The van der Waals surface area contributed by atoms with Crippen molar-refractivity contribution in [3.8, 4) is 17.4 Å². The number of nitrogens with one attached hydrogen (secondary N) is 1. The largest absolute Gasteiger partial charge is 0.497 e. The normalized spacial score (nSPS) is 10.9. The van der Waals surface area contributed by atoms with Gasteiger partial charge in [-0.1, -0.05) is 0 Å². The van der Waals surface area contributed by atoms with Crippen molar-refractivity contribution < 1.29 is 32.2 Å². The minimum Gasteiger partial charge on any atom is -0.497 e. The first-order valence-corrected chi connectivity index (χ1v) is 9.66. The number of carbonyl (C=O) groups is 2. The van der Waals surface area contributed by atoms with Crippen LogP contribution in [0.4, 0.5) is 18.9 Å². The predicted molar refractivity (Wildman–Crippen MR) is 114 cm³/mol. The molecule has 3 rings (SSSR count). The number of benzene rings is 2. The van der Waals surface area contributed by atoms with Crippen LogP contribution in [0.15, 0.2) is 66.9 Å². The fraction of sp³-hybridized carbons (Fsp3) is 0.174. The van der Waals surface area contributed by atoms with Gasteiger partial charge in [0.2, 0.25) is 11.8 Å². The van der Waals surface area contributed by atoms with Crippen LogP contribution < -0.4 is 14.8 Å². The van der Waals surface area contributed by atoms with Crippen molar-refractivity contribution in [2.45, 2.75) is 6.18 Å². The molecule has 0 atom stereocenters. The summed E-state index contributed by atoms with van der Waals surface area (Å²) in [5.41, 5.74) is -0.00244. The number of hydrogen-bond donors (Lipinski definition) is 1. The zero-order valence-corrected chi connectivity index (χ0v) is 17.7. The van der Waals surface area contributed by atoms with E-state index in [2.05, 4.69) is 10.3 Å². The first-order valence-electron chi connectivity index (χ1n) is 9.66. The van der Waals surface area contributed by atoms with Gasteiger partial charge in [-0.05, 0) is 54.6 Å². The Morgan fingerprint density at radius 1 is 0.970 bits per heavy atom. The van der Waals surface area contributed by atoms with Crippen molar-refractivity contribution in [1.29, 1.82) is 0 Å². The van der Waals surface area contributed by atoms with E-state index in [0.29, 0.717) is 28.9 Å². The van der Waals surface area contributed by atoms with Crippen molar-refractivity contribution in [2.24, 2.45) is 0 Å². The molecule has 33 heavy (non-hydrogen) atoms. The fourth-order valence-electron chi connectivity index (χ4n) is 2.78. The number of pyridine rings is 1. The number of rotatable bonds is 7. The first kappa shape index (κ1) is 23.6. The van der Waals surface area contributed by atoms with Crippen molar-refractivity contribution in [3.05, 3.63) is 78.0 Å². The highest BCUT2D eigenvalue weighted by atomic mass is 19.4. The smallest absolute Gasteiger partial charge is 0.417 e. The van der Waals surface area contributed by atoms with E-state index in [1.165, 1.54) is 36.2 Å². The first-order chi connectivity index (χ1) is 15.7. The lowest BCUT2D eigenvalue weighted by atomic mass is 10.2. The molecule has 0 aliphatic carbocycles. The number of ether oxygens (including phenoxy) is 2. The summed E-state index contributed by atoms with van der Waals surface area (Å²) in [5.74, 6) is 0.165. The van der Waals surface area contributed by atoms with E-state index in [0.717, 1.165) is 12.1 Å². The van der Waals surface area contributed by atoms with Gasteiger partial charge in [0.15, 0.2) is 0 Å². The molecule has 7 nitrogen and oxygen atoms in total. The summed E-state index contributed by atoms with van der Waals surface area (Å²) in [6, 6.07) is 14.7. The molecule has 2 aromatic carbocycles. The molecule has 0 bridgehead atoms. The maximum absolute atomic E-state index is 12.6. The molecule has 3 aromatic rings. The second-order valence-corrected chi connectivity index (χ2v) is 6.95. The minimum absolute atomic E-state index is 0.0191. The number of alkyl halides is 3. The summed E-state index contributed by atoms with van der Waals surface area (Å²) in [7, 11) is 3.03. The monoisotopic (exact) mass is 459 g/mol. The lowest BCUT2D eigenvalue weighted by Crippen LogP contribution is -2.34. The summed E-state index contributed by atoms with van der Waals surface area (Å²) < 4.78 is 48.3.